The van der Waals surface area contributed by atoms with Crippen molar-refractivity contribution < 1.29 is 9.90 Å². The van der Waals surface area contributed by atoms with Crippen LogP contribution in [0.5, 0.6) is 0 Å². The molecule has 0 bridgehead atoms. The van der Waals surface area contributed by atoms with Gasteiger partial charge in [0.1, 0.15) is 11.5 Å². The highest BCUT2D eigenvalue weighted by molar-refractivity contribution is 5.92. The molecule has 1 amide bonds. The lowest BCUT2D eigenvalue weighted by molar-refractivity contribution is 0.0822. The molecule has 0 radical (unpaired) electrons. The van der Waals surface area contributed by atoms with Crippen LogP contribution in [-0.2, 0) is 6.42 Å². The zero-order chi connectivity index (χ0) is 17.1. The number of carbonyl (C=O) groups is 1. The van der Waals surface area contributed by atoms with E-state index in [2.05, 4.69) is 9.97 Å². The second-order valence-electron chi connectivity index (χ2n) is 6.37. The fourth-order valence-electron chi connectivity index (χ4n) is 3.01. The van der Waals surface area contributed by atoms with Gasteiger partial charge in [-0.25, -0.2) is 4.98 Å². The third kappa shape index (κ3) is 3.54. The molecule has 0 spiro atoms. The first-order valence-corrected chi connectivity index (χ1v) is 8.05. The van der Waals surface area contributed by atoms with Crippen LogP contribution in [0.1, 0.15) is 16.1 Å². The van der Waals surface area contributed by atoms with Crippen LogP contribution in [0.3, 0.4) is 0 Å². The second-order valence-corrected chi connectivity index (χ2v) is 6.37. The van der Waals surface area contributed by atoms with Gasteiger partial charge in [0, 0.05) is 45.5 Å². The van der Waals surface area contributed by atoms with E-state index in [4.69, 9.17) is 0 Å². The van der Waals surface area contributed by atoms with Crippen molar-refractivity contribution >= 4 is 11.7 Å². The summed E-state index contributed by atoms with van der Waals surface area (Å²) < 4.78 is 0. The summed E-state index contributed by atoms with van der Waals surface area (Å²) in [7, 11) is 3.42. The number of β-amino-alcohol motifs (C(OH)–C–C–N with tert-alkyl or cyclic N) is 1. The number of aromatic nitrogens is 2. The molecule has 1 fully saturated rings. The number of anilines is 1. The first-order chi connectivity index (χ1) is 11.5. The SMILES string of the molecule is CN(C)C(=O)c1cccc(N2C[C@@H](Cc3ccncc3)[C@H](O)C2)n1. The Labute approximate surface area is 141 Å². The van der Waals surface area contributed by atoms with Gasteiger partial charge in [0.05, 0.1) is 6.10 Å². The van der Waals surface area contributed by atoms with Crippen LogP contribution in [0.2, 0.25) is 0 Å². The molecule has 6 heteroatoms. The summed E-state index contributed by atoms with van der Waals surface area (Å²) in [5.74, 6) is 0.756. The van der Waals surface area contributed by atoms with Crippen LogP contribution in [0.25, 0.3) is 0 Å². The van der Waals surface area contributed by atoms with Crippen molar-refractivity contribution in [3.05, 3.63) is 54.0 Å². The van der Waals surface area contributed by atoms with E-state index in [9.17, 15) is 9.90 Å². The molecule has 1 aliphatic rings. The molecular weight excluding hydrogens is 304 g/mol. The number of rotatable bonds is 4. The van der Waals surface area contributed by atoms with Gasteiger partial charge in [-0.05, 0) is 36.2 Å². The van der Waals surface area contributed by atoms with Gasteiger partial charge >= 0.3 is 0 Å². The molecule has 126 valence electrons. The van der Waals surface area contributed by atoms with Crippen molar-refractivity contribution in [1.29, 1.82) is 0 Å². The Morgan fingerprint density at radius 1 is 1.25 bits per heavy atom. The minimum atomic E-state index is -0.409. The Morgan fingerprint density at radius 3 is 2.71 bits per heavy atom. The van der Waals surface area contributed by atoms with Crippen LogP contribution >= 0.6 is 0 Å². The van der Waals surface area contributed by atoms with Gasteiger partial charge in [-0.2, -0.15) is 0 Å². The number of hydrogen-bond donors (Lipinski definition) is 1. The summed E-state index contributed by atoms with van der Waals surface area (Å²) in [5.41, 5.74) is 1.59. The number of carbonyl (C=O) groups excluding carboxylic acids is 1. The maximum atomic E-state index is 12.1. The fraction of sp³-hybridized carbons (Fsp3) is 0.389. The van der Waals surface area contributed by atoms with E-state index >= 15 is 0 Å². The largest absolute Gasteiger partial charge is 0.391 e. The topological polar surface area (TPSA) is 69.6 Å². The van der Waals surface area contributed by atoms with Gasteiger partial charge in [-0.15, -0.1) is 0 Å². The van der Waals surface area contributed by atoms with Crippen molar-refractivity contribution in [2.24, 2.45) is 5.92 Å². The Morgan fingerprint density at radius 2 is 2.00 bits per heavy atom. The maximum Gasteiger partial charge on any atom is 0.272 e. The van der Waals surface area contributed by atoms with Crippen molar-refractivity contribution in [3.8, 4) is 0 Å². The molecule has 1 N–H and O–H groups in total. The molecule has 3 rings (SSSR count). The van der Waals surface area contributed by atoms with Gasteiger partial charge in [0.2, 0.25) is 0 Å². The normalized spacial score (nSPS) is 20.2. The molecular formula is C18H22N4O2. The maximum absolute atomic E-state index is 12.1. The molecule has 24 heavy (non-hydrogen) atoms. The van der Waals surface area contributed by atoms with Gasteiger partial charge in [0.15, 0.2) is 0 Å². The van der Waals surface area contributed by atoms with E-state index in [1.54, 1.807) is 32.6 Å². The molecule has 2 atom stereocenters. The molecule has 2 aromatic rings. The molecule has 6 nitrogen and oxygen atoms in total. The van der Waals surface area contributed by atoms with E-state index in [1.807, 2.05) is 29.2 Å². The Hall–Kier alpha value is -2.47. The fourth-order valence-corrected chi connectivity index (χ4v) is 3.01. The molecule has 0 aliphatic carbocycles. The average molecular weight is 326 g/mol. The van der Waals surface area contributed by atoms with E-state index < -0.39 is 6.10 Å². The number of hydrogen-bond acceptors (Lipinski definition) is 5. The smallest absolute Gasteiger partial charge is 0.272 e. The van der Waals surface area contributed by atoms with Crippen LogP contribution in [0, 0.1) is 5.92 Å². The lowest BCUT2D eigenvalue weighted by Gasteiger charge is -2.18. The van der Waals surface area contributed by atoms with Crippen molar-refractivity contribution in [3.63, 3.8) is 0 Å². The average Bonchev–Trinajstić information content (AvgIpc) is 2.96. The molecule has 0 unspecified atom stereocenters. The monoisotopic (exact) mass is 326 g/mol. The zero-order valence-electron chi connectivity index (χ0n) is 14.0. The van der Waals surface area contributed by atoms with E-state index in [-0.39, 0.29) is 11.8 Å². The quantitative estimate of drug-likeness (QED) is 0.915. The van der Waals surface area contributed by atoms with Gasteiger partial charge in [-0.1, -0.05) is 6.07 Å². The molecule has 1 aliphatic heterocycles. The van der Waals surface area contributed by atoms with Gasteiger partial charge in [0.25, 0.3) is 5.91 Å². The predicted octanol–water partition coefficient (Wildman–Crippen LogP) is 1.22. The van der Waals surface area contributed by atoms with E-state index in [0.29, 0.717) is 12.2 Å². The van der Waals surface area contributed by atoms with Gasteiger partial charge in [-0.3, -0.25) is 9.78 Å². The Bertz CT molecular complexity index is 705. The number of amides is 1. The summed E-state index contributed by atoms with van der Waals surface area (Å²) in [6.07, 6.45) is 3.93. The molecule has 0 aromatic carbocycles. The summed E-state index contributed by atoms with van der Waals surface area (Å²) in [6.45, 7) is 1.25. The molecule has 3 heterocycles. The Balaban J connectivity index is 1.72. The van der Waals surface area contributed by atoms with E-state index in [1.165, 1.54) is 10.5 Å². The van der Waals surface area contributed by atoms with Crippen LogP contribution < -0.4 is 4.90 Å². The van der Waals surface area contributed by atoms with E-state index in [0.717, 1.165) is 18.8 Å². The second kappa shape index (κ2) is 6.97. The van der Waals surface area contributed by atoms with Crippen molar-refractivity contribution in [2.45, 2.75) is 12.5 Å². The van der Waals surface area contributed by atoms with Crippen LogP contribution in [0.15, 0.2) is 42.7 Å². The summed E-state index contributed by atoms with van der Waals surface area (Å²) in [5, 5.41) is 10.4. The zero-order valence-corrected chi connectivity index (χ0v) is 14.0. The van der Waals surface area contributed by atoms with Crippen molar-refractivity contribution in [2.75, 3.05) is 32.1 Å². The summed E-state index contributed by atoms with van der Waals surface area (Å²) in [4.78, 5) is 24.1. The first kappa shape index (κ1) is 16.4. The number of aliphatic hydroxyl groups excluding tert-OH is 1. The minimum absolute atomic E-state index is 0.120. The number of aliphatic hydroxyl groups is 1. The lowest BCUT2D eigenvalue weighted by Crippen LogP contribution is -2.26. The highest BCUT2D eigenvalue weighted by atomic mass is 16.3. The van der Waals surface area contributed by atoms with Crippen molar-refractivity contribution in [1.82, 2.24) is 14.9 Å². The summed E-state index contributed by atoms with van der Waals surface area (Å²) in [6, 6.07) is 9.39. The van der Waals surface area contributed by atoms with Crippen LogP contribution in [-0.4, -0.2) is 59.2 Å². The Kier molecular flexibility index (Phi) is 4.76. The molecule has 0 saturated carbocycles. The first-order valence-electron chi connectivity index (χ1n) is 8.05. The standard InChI is InChI=1S/C18H22N4O2/c1-21(2)18(24)15-4-3-5-17(20-15)22-11-14(16(23)12-22)10-13-6-8-19-9-7-13/h3-9,14,16,23H,10-12H2,1-2H3/t14-,16-/m1/s1. The van der Waals surface area contributed by atoms with Gasteiger partial charge < -0.3 is 14.9 Å². The highest BCUT2D eigenvalue weighted by Crippen LogP contribution is 2.25. The predicted molar refractivity (Wildman–Crippen MR) is 91.9 cm³/mol. The highest BCUT2D eigenvalue weighted by Gasteiger charge is 2.32. The number of nitrogens with zero attached hydrogens (tertiary/aromatic N) is 4. The summed E-state index contributed by atoms with van der Waals surface area (Å²) >= 11 is 0. The number of pyridine rings is 2. The third-order valence-corrected chi connectivity index (χ3v) is 4.34. The lowest BCUT2D eigenvalue weighted by atomic mass is 9.97. The minimum Gasteiger partial charge on any atom is -0.391 e. The molecule has 1 saturated heterocycles. The third-order valence-electron chi connectivity index (χ3n) is 4.34. The van der Waals surface area contributed by atoms with Crippen LogP contribution in [0.4, 0.5) is 5.82 Å². The molecule has 2 aromatic heterocycles.